The van der Waals surface area contributed by atoms with Gasteiger partial charge in [0, 0.05) is 12.2 Å². The molecule has 2 rings (SSSR count). The van der Waals surface area contributed by atoms with Crippen molar-refractivity contribution >= 4 is 12.0 Å². The Balaban J connectivity index is 0.000000271. The van der Waals surface area contributed by atoms with Gasteiger partial charge in [-0.25, -0.2) is 4.79 Å². The van der Waals surface area contributed by atoms with Crippen molar-refractivity contribution in [2.75, 3.05) is 14.2 Å². The van der Waals surface area contributed by atoms with Crippen LogP contribution in [0.15, 0.2) is 48.8 Å². The van der Waals surface area contributed by atoms with E-state index >= 15 is 0 Å². The number of aromatic nitrogens is 1. The third-order valence-corrected chi connectivity index (χ3v) is 3.38. The maximum absolute atomic E-state index is 10.2. The van der Waals surface area contributed by atoms with Gasteiger partial charge in [0.25, 0.3) is 0 Å². The second-order valence-corrected chi connectivity index (χ2v) is 5.34. The van der Waals surface area contributed by atoms with E-state index in [0.717, 1.165) is 17.7 Å². The number of carbonyl (C=O) groups is 1. The number of carboxylic acid groups (broad SMARTS) is 1. The predicted octanol–water partition coefficient (Wildman–Crippen LogP) is 3.19. The number of pyridine rings is 1. The summed E-state index contributed by atoms with van der Waals surface area (Å²) in [5, 5.41) is 20.3. The van der Waals surface area contributed by atoms with Gasteiger partial charge < -0.3 is 20.3 Å². The van der Waals surface area contributed by atoms with Crippen molar-refractivity contribution in [3.8, 4) is 11.5 Å². The van der Waals surface area contributed by atoms with Crippen LogP contribution in [0.3, 0.4) is 0 Å². The Morgan fingerprint density at radius 2 is 2.00 bits per heavy atom. The summed E-state index contributed by atoms with van der Waals surface area (Å²) in [6.07, 6.45) is 8.73. The highest BCUT2D eigenvalue weighted by Crippen LogP contribution is 2.12. The van der Waals surface area contributed by atoms with Crippen LogP contribution in [0.25, 0.3) is 6.08 Å². The number of nitrogens with one attached hydrogen (secondary N) is 1. The Kier molecular flexibility index (Phi) is 8.74. The van der Waals surface area contributed by atoms with Crippen LogP contribution in [0, 0.1) is 0 Å². The summed E-state index contributed by atoms with van der Waals surface area (Å²) in [5.74, 6) is -0.121. The third kappa shape index (κ3) is 7.99. The molecule has 6 heteroatoms. The number of phenols is 1. The molecule has 0 amide bonds. The summed E-state index contributed by atoms with van der Waals surface area (Å²) in [5.41, 5.74) is 1.25. The second kappa shape index (κ2) is 10.8. The van der Waals surface area contributed by atoms with E-state index in [0.29, 0.717) is 6.04 Å². The molecular weight excluding hydrogens is 320 g/mol. The number of hydrogen-bond donors (Lipinski definition) is 3. The topological polar surface area (TPSA) is 91.7 Å². The number of rotatable bonds is 6. The largest absolute Gasteiger partial charge is 0.508 e. The minimum absolute atomic E-state index is 0.0741. The van der Waals surface area contributed by atoms with Crippen molar-refractivity contribution < 1.29 is 19.7 Å². The van der Waals surface area contributed by atoms with E-state index in [-0.39, 0.29) is 11.3 Å². The van der Waals surface area contributed by atoms with Gasteiger partial charge in [-0.05, 0) is 56.3 Å². The summed E-state index contributed by atoms with van der Waals surface area (Å²) in [6.45, 7) is 2.15. The molecule has 0 saturated carbocycles. The molecule has 134 valence electrons. The van der Waals surface area contributed by atoms with Gasteiger partial charge in [-0.1, -0.05) is 12.2 Å². The molecule has 0 aliphatic rings. The van der Waals surface area contributed by atoms with Gasteiger partial charge >= 0.3 is 5.97 Å². The monoisotopic (exact) mass is 344 g/mol. The lowest BCUT2D eigenvalue weighted by Crippen LogP contribution is -2.19. The lowest BCUT2D eigenvalue weighted by atomic mass is 10.2. The van der Waals surface area contributed by atoms with Crippen molar-refractivity contribution in [2.24, 2.45) is 0 Å². The quantitative estimate of drug-likeness (QED) is 0.745. The number of methoxy groups -OCH3 is 1. The number of aromatic carboxylic acids is 1. The molecule has 0 aliphatic heterocycles. The van der Waals surface area contributed by atoms with Crippen LogP contribution in [0.5, 0.6) is 11.5 Å². The zero-order valence-electron chi connectivity index (χ0n) is 14.6. The van der Waals surface area contributed by atoms with Crippen LogP contribution >= 0.6 is 0 Å². The number of nitrogens with zero attached hydrogens (tertiary/aromatic N) is 1. The highest BCUT2D eigenvalue weighted by molar-refractivity contribution is 5.87. The molecule has 2 aromatic rings. The Morgan fingerprint density at radius 3 is 2.56 bits per heavy atom. The normalized spacial score (nSPS) is 11.5. The molecule has 0 saturated heterocycles. The number of phenolic OH excluding ortho intramolecular Hbond substituents is 1. The molecule has 1 atom stereocenters. The summed E-state index contributed by atoms with van der Waals surface area (Å²) in [7, 11) is 3.61. The average molecular weight is 344 g/mol. The van der Waals surface area contributed by atoms with Crippen LogP contribution in [-0.2, 0) is 0 Å². The maximum Gasteiger partial charge on any atom is 0.335 e. The van der Waals surface area contributed by atoms with Gasteiger partial charge in [0.15, 0.2) is 0 Å². The molecule has 1 aromatic heterocycles. The highest BCUT2D eigenvalue weighted by atomic mass is 16.5. The zero-order valence-corrected chi connectivity index (χ0v) is 14.6. The van der Waals surface area contributed by atoms with Gasteiger partial charge in [-0.15, -0.1) is 0 Å². The van der Waals surface area contributed by atoms with E-state index in [9.17, 15) is 4.79 Å². The Labute approximate surface area is 147 Å². The molecule has 0 unspecified atom stereocenters. The standard InChI is InChI=1S/C12H18N2O.C7H6O3/c1-10(13-2)5-4-6-11-7-12(15-3)9-14-8-11;8-6-3-1-5(2-4-6)7(9)10/h4,6-10,13H,5H2,1-3H3;1-4,8H,(H,9,10)/b6-4+;/t10-;/m0./s1. The van der Waals surface area contributed by atoms with Crippen LogP contribution in [-0.4, -0.2) is 41.4 Å². The van der Waals surface area contributed by atoms with E-state index in [1.807, 2.05) is 19.3 Å². The predicted molar refractivity (Wildman–Crippen MR) is 98.0 cm³/mol. The summed E-state index contributed by atoms with van der Waals surface area (Å²) >= 11 is 0. The Bertz CT molecular complexity index is 684. The molecule has 6 nitrogen and oxygen atoms in total. The molecule has 0 bridgehead atoms. The van der Waals surface area contributed by atoms with E-state index in [1.54, 1.807) is 13.3 Å². The smallest absolute Gasteiger partial charge is 0.335 e. The fourth-order valence-electron chi connectivity index (χ4n) is 1.77. The van der Waals surface area contributed by atoms with Crippen LogP contribution in [0.4, 0.5) is 0 Å². The minimum atomic E-state index is -0.986. The van der Waals surface area contributed by atoms with E-state index < -0.39 is 5.97 Å². The van der Waals surface area contributed by atoms with Crippen molar-refractivity contribution in [1.29, 1.82) is 0 Å². The molecule has 0 radical (unpaired) electrons. The summed E-state index contributed by atoms with van der Waals surface area (Å²) in [4.78, 5) is 14.3. The SMILES string of the molecule is CN[C@@H](C)C/C=C/c1cncc(OC)c1.O=C(O)c1ccc(O)cc1. The number of ether oxygens (including phenoxy) is 1. The lowest BCUT2D eigenvalue weighted by molar-refractivity contribution is 0.0697. The summed E-state index contributed by atoms with van der Waals surface area (Å²) < 4.78 is 5.09. The Hall–Kier alpha value is -2.86. The number of benzene rings is 1. The van der Waals surface area contributed by atoms with Crippen molar-refractivity contribution in [1.82, 2.24) is 10.3 Å². The molecule has 0 spiro atoms. The third-order valence-electron chi connectivity index (χ3n) is 3.38. The first-order chi connectivity index (χ1) is 12.0. The van der Waals surface area contributed by atoms with E-state index in [2.05, 4.69) is 29.4 Å². The van der Waals surface area contributed by atoms with E-state index in [4.69, 9.17) is 14.9 Å². The molecule has 1 aromatic carbocycles. The molecule has 3 N–H and O–H groups in total. The van der Waals surface area contributed by atoms with Crippen molar-refractivity contribution in [3.05, 3.63) is 59.9 Å². The zero-order chi connectivity index (χ0) is 18.7. The van der Waals surface area contributed by atoms with Crippen LogP contribution < -0.4 is 10.1 Å². The van der Waals surface area contributed by atoms with Gasteiger partial charge in [-0.2, -0.15) is 0 Å². The minimum Gasteiger partial charge on any atom is -0.508 e. The van der Waals surface area contributed by atoms with Gasteiger partial charge in [0.05, 0.1) is 18.9 Å². The van der Waals surface area contributed by atoms with Gasteiger partial charge in [-0.3, -0.25) is 4.98 Å². The van der Waals surface area contributed by atoms with E-state index in [1.165, 1.54) is 24.3 Å². The second-order valence-electron chi connectivity index (χ2n) is 5.34. The molecule has 0 fully saturated rings. The fraction of sp³-hybridized carbons (Fsp3) is 0.263. The van der Waals surface area contributed by atoms with Gasteiger partial charge in [0.1, 0.15) is 11.5 Å². The first-order valence-corrected chi connectivity index (χ1v) is 7.81. The van der Waals surface area contributed by atoms with Gasteiger partial charge in [0.2, 0.25) is 0 Å². The average Bonchev–Trinajstić information content (AvgIpc) is 2.62. The Morgan fingerprint density at radius 1 is 1.32 bits per heavy atom. The fourth-order valence-corrected chi connectivity index (χ4v) is 1.77. The number of hydrogen-bond acceptors (Lipinski definition) is 5. The van der Waals surface area contributed by atoms with Crippen LogP contribution in [0.2, 0.25) is 0 Å². The molecular formula is C19H24N2O4. The van der Waals surface area contributed by atoms with Crippen molar-refractivity contribution in [3.63, 3.8) is 0 Å². The highest BCUT2D eigenvalue weighted by Gasteiger charge is 1.99. The summed E-state index contributed by atoms with van der Waals surface area (Å²) in [6, 6.07) is 7.83. The van der Waals surface area contributed by atoms with Crippen LogP contribution in [0.1, 0.15) is 29.3 Å². The lowest BCUT2D eigenvalue weighted by Gasteiger charge is -2.05. The number of aromatic hydroxyl groups is 1. The molecule has 25 heavy (non-hydrogen) atoms. The van der Waals surface area contributed by atoms with Crippen molar-refractivity contribution in [2.45, 2.75) is 19.4 Å². The first kappa shape index (κ1) is 20.2. The first-order valence-electron chi connectivity index (χ1n) is 7.81. The maximum atomic E-state index is 10.2. The number of carboxylic acids is 1. The molecule has 1 heterocycles. The molecule has 0 aliphatic carbocycles.